The fourth-order valence-corrected chi connectivity index (χ4v) is 4.18. The maximum atomic E-state index is 13.7. The molecule has 0 saturated carbocycles. The number of benzene rings is 2. The van der Waals surface area contributed by atoms with Crippen molar-refractivity contribution in [3.05, 3.63) is 46.2 Å². The predicted molar refractivity (Wildman–Crippen MR) is 91.4 cm³/mol. The van der Waals surface area contributed by atoms with Crippen LogP contribution in [-0.4, -0.2) is 33.7 Å². The quantitative estimate of drug-likeness (QED) is 0.725. The summed E-state index contributed by atoms with van der Waals surface area (Å²) in [7, 11) is -1.51. The summed E-state index contributed by atoms with van der Waals surface area (Å²) < 4.78 is 51.3. The summed E-state index contributed by atoms with van der Waals surface area (Å²) in [6, 6.07) is 5.86. The molecule has 0 spiro atoms. The van der Waals surface area contributed by atoms with Crippen molar-refractivity contribution in [1.29, 1.82) is 0 Å². The molecule has 0 fully saturated rings. The Kier molecular flexibility index (Phi) is 5.53. The normalized spacial score (nSPS) is 11.0. The molecular formula is C15H13BrFNO6S. The smallest absolute Gasteiger partial charge is 0.340 e. The van der Waals surface area contributed by atoms with E-state index in [2.05, 4.69) is 20.7 Å². The van der Waals surface area contributed by atoms with Crippen molar-refractivity contribution < 1.29 is 32.2 Å². The lowest BCUT2D eigenvalue weighted by Gasteiger charge is -2.14. The third-order valence-corrected chi connectivity index (χ3v) is 5.52. The van der Waals surface area contributed by atoms with Gasteiger partial charge in [-0.05, 0) is 34.1 Å². The van der Waals surface area contributed by atoms with Crippen LogP contribution >= 0.6 is 15.9 Å². The van der Waals surface area contributed by atoms with E-state index in [1.54, 1.807) is 0 Å². The molecule has 0 bridgehead atoms. The molecule has 134 valence electrons. The first-order chi connectivity index (χ1) is 11.7. The van der Waals surface area contributed by atoms with Gasteiger partial charge >= 0.3 is 5.97 Å². The number of halogens is 2. The van der Waals surface area contributed by atoms with Crippen molar-refractivity contribution in [3.63, 3.8) is 0 Å². The third-order valence-electron chi connectivity index (χ3n) is 3.20. The van der Waals surface area contributed by atoms with Gasteiger partial charge in [0.25, 0.3) is 10.0 Å². The average Bonchev–Trinajstić information content (AvgIpc) is 2.53. The lowest BCUT2D eigenvalue weighted by Crippen LogP contribution is -2.17. The highest BCUT2D eigenvalue weighted by Crippen LogP contribution is 2.36. The van der Waals surface area contributed by atoms with Crippen LogP contribution in [0.4, 0.5) is 10.1 Å². The molecule has 0 saturated heterocycles. The molecule has 0 heterocycles. The molecular weight excluding hydrogens is 421 g/mol. The molecule has 7 nitrogen and oxygen atoms in total. The van der Waals surface area contributed by atoms with Gasteiger partial charge in [-0.3, -0.25) is 4.72 Å². The standard InChI is InChI=1S/C15H13BrFNO6S/c1-23-11-6-8(16)13(7-12(11)24-2)25(21,22)18-10-5-3-4-9(17)14(10)15(19)20/h3-7,18H,1-2H3,(H,19,20). The maximum absolute atomic E-state index is 13.7. The molecule has 0 aliphatic rings. The highest BCUT2D eigenvalue weighted by Gasteiger charge is 2.25. The zero-order chi connectivity index (χ0) is 18.8. The number of rotatable bonds is 6. The molecule has 2 rings (SSSR count). The second kappa shape index (κ2) is 7.28. The van der Waals surface area contributed by atoms with E-state index in [-0.39, 0.29) is 15.1 Å². The van der Waals surface area contributed by atoms with Gasteiger partial charge in [0, 0.05) is 10.5 Å². The minimum Gasteiger partial charge on any atom is -0.493 e. The van der Waals surface area contributed by atoms with Crippen molar-refractivity contribution in [2.75, 3.05) is 18.9 Å². The SMILES string of the molecule is COc1cc(Br)c(S(=O)(=O)Nc2cccc(F)c2C(=O)O)cc1OC. The number of carbonyl (C=O) groups is 1. The minimum atomic E-state index is -4.24. The summed E-state index contributed by atoms with van der Waals surface area (Å²) in [5.74, 6) is -2.20. The maximum Gasteiger partial charge on any atom is 0.340 e. The Morgan fingerprint density at radius 1 is 1.20 bits per heavy atom. The number of carboxylic acid groups (broad SMARTS) is 1. The highest BCUT2D eigenvalue weighted by molar-refractivity contribution is 9.10. The number of hydrogen-bond donors (Lipinski definition) is 2. The second-order valence-corrected chi connectivity index (χ2v) is 7.22. The van der Waals surface area contributed by atoms with Gasteiger partial charge in [-0.25, -0.2) is 17.6 Å². The van der Waals surface area contributed by atoms with Crippen molar-refractivity contribution >= 4 is 37.6 Å². The Labute approximate surface area is 151 Å². The van der Waals surface area contributed by atoms with E-state index >= 15 is 0 Å². The van der Waals surface area contributed by atoms with Gasteiger partial charge in [-0.15, -0.1) is 0 Å². The molecule has 25 heavy (non-hydrogen) atoms. The van der Waals surface area contributed by atoms with Crippen LogP contribution in [0.5, 0.6) is 11.5 Å². The molecule has 0 aliphatic carbocycles. The summed E-state index contributed by atoms with van der Waals surface area (Å²) in [6.07, 6.45) is 0. The number of aromatic carboxylic acids is 1. The molecule has 2 N–H and O–H groups in total. The Bertz CT molecular complexity index is 932. The molecule has 0 atom stereocenters. The Morgan fingerprint density at radius 3 is 2.36 bits per heavy atom. The van der Waals surface area contributed by atoms with Crippen LogP contribution in [0.1, 0.15) is 10.4 Å². The van der Waals surface area contributed by atoms with E-state index in [0.717, 1.165) is 12.1 Å². The number of hydrogen-bond acceptors (Lipinski definition) is 5. The molecule has 2 aromatic carbocycles. The van der Waals surface area contributed by atoms with Crippen LogP contribution < -0.4 is 14.2 Å². The van der Waals surface area contributed by atoms with Crippen LogP contribution in [0, 0.1) is 5.82 Å². The number of methoxy groups -OCH3 is 2. The fourth-order valence-electron chi connectivity index (χ4n) is 2.07. The van der Waals surface area contributed by atoms with Gasteiger partial charge in [-0.1, -0.05) is 6.07 Å². The van der Waals surface area contributed by atoms with Crippen LogP contribution in [0.25, 0.3) is 0 Å². The first-order valence-electron chi connectivity index (χ1n) is 6.67. The lowest BCUT2D eigenvalue weighted by molar-refractivity contribution is 0.0693. The number of carboxylic acids is 1. The monoisotopic (exact) mass is 433 g/mol. The first-order valence-corrected chi connectivity index (χ1v) is 8.95. The number of nitrogens with one attached hydrogen (secondary N) is 1. The van der Waals surface area contributed by atoms with Crippen LogP contribution in [0.2, 0.25) is 0 Å². The Morgan fingerprint density at radius 2 is 1.80 bits per heavy atom. The van der Waals surface area contributed by atoms with E-state index in [1.165, 1.54) is 32.4 Å². The third kappa shape index (κ3) is 3.85. The average molecular weight is 434 g/mol. The summed E-state index contributed by atoms with van der Waals surface area (Å²) in [4.78, 5) is 11.0. The molecule has 2 aromatic rings. The van der Waals surface area contributed by atoms with Gasteiger partial charge in [0.15, 0.2) is 11.5 Å². The van der Waals surface area contributed by atoms with Crippen molar-refractivity contribution in [1.82, 2.24) is 0 Å². The summed E-state index contributed by atoms with van der Waals surface area (Å²) >= 11 is 3.12. The molecule has 0 aromatic heterocycles. The zero-order valence-electron chi connectivity index (χ0n) is 13.0. The molecule has 0 aliphatic heterocycles. The summed E-state index contributed by atoms with van der Waals surface area (Å²) in [6.45, 7) is 0. The van der Waals surface area contributed by atoms with Gasteiger partial charge in [0.2, 0.25) is 0 Å². The summed E-state index contributed by atoms with van der Waals surface area (Å²) in [5.41, 5.74) is -1.17. The Balaban J connectivity index is 2.55. The topological polar surface area (TPSA) is 102 Å². The van der Waals surface area contributed by atoms with Gasteiger partial charge in [0.1, 0.15) is 16.3 Å². The number of ether oxygens (including phenoxy) is 2. The van der Waals surface area contributed by atoms with Crippen molar-refractivity contribution in [2.24, 2.45) is 0 Å². The van der Waals surface area contributed by atoms with E-state index in [4.69, 9.17) is 14.6 Å². The minimum absolute atomic E-state index is 0.156. The van der Waals surface area contributed by atoms with E-state index < -0.39 is 33.1 Å². The van der Waals surface area contributed by atoms with E-state index in [9.17, 15) is 17.6 Å². The lowest BCUT2D eigenvalue weighted by atomic mass is 10.2. The van der Waals surface area contributed by atoms with Crippen LogP contribution in [0.3, 0.4) is 0 Å². The van der Waals surface area contributed by atoms with E-state index in [0.29, 0.717) is 5.75 Å². The van der Waals surface area contributed by atoms with Crippen molar-refractivity contribution in [3.8, 4) is 11.5 Å². The van der Waals surface area contributed by atoms with Crippen LogP contribution in [0.15, 0.2) is 39.7 Å². The van der Waals surface area contributed by atoms with Gasteiger partial charge < -0.3 is 14.6 Å². The summed E-state index contributed by atoms with van der Waals surface area (Å²) in [5, 5.41) is 9.10. The first kappa shape index (κ1) is 19.0. The largest absolute Gasteiger partial charge is 0.493 e. The molecule has 0 radical (unpaired) electrons. The van der Waals surface area contributed by atoms with E-state index in [1.807, 2.05) is 0 Å². The second-order valence-electron chi connectivity index (χ2n) is 4.71. The Hall–Kier alpha value is -2.33. The van der Waals surface area contributed by atoms with Gasteiger partial charge in [0.05, 0.1) is 19.9 Å². The zero-order valence-corrected chi connectivity index (χ0v) is 15.4. The molecule has 0 unspecified atom stereocenters. The van der Waals surface area contributed by atoms with Gasteiger partial charge in [-0.2, -0.15) is 0 Å². The number of anilines is 1. The predicted octanol–water partition coefficient (Wildman–Crippen LogP) is 3.10. The highest BCUT2D eigenvalue weighted by atomic mass is 79.9. The molecule has 10 heteroatoms. The molecule has 0 amide bonds. The number of sulfonamides is 1. The van der Waals surface area contributed by atoms with Crippen molar-refractivity contribution in [2.45, 2.75) is 4.90 Å². The van der Waals surface area contributed by atoms with Crippen LogP contribution in [-0.2, 0) is 10.0 Å². The fraction of sp³-hybridized carbons (Fsp3) is 0.133.